The first-order valence-electron chi connectivity index (χ1n) is 8.01. The summed E-state index contributed by atoms with van der Waals surface area (Å²) >= 11 is 3.16. The van der Waals surface area contributed by atoms with Gasteiger partial charge in [-0.25, -0.2) is 18.1 Å². The molecule has 0 aliphatic carbocycles. The molecule has 0 spiro atoms. The van der Waals surface area contributed by atoms with Gasteiger partial charge < -0.3 is 0 Å². The SMILES string of the molecule is Cc1nc(-c2cccs2)sc1CNS(=O)(=O)c1ccc2ccccc2c1. The average Bonchev–Trinajstić information content (AvgIpc) is 3.29. The molecule has 0 unspecified atom stereocenters. The van der Waals surface area contributed by atoms with Crippen LogP contribution in [0.1, 0.15) is 10.6 Å². The molecule has 0 radical (unpaired) electrons. The molecule has 4 aromatic rings. The van der Waals surface area contributed by atoms with Gasteiger partial charge in [-0.3, -0.25) is 0 Å². The summed E-state index contributed by atoms with van der Waals surface area (Å²) in [4.78, 5) is 6.86. The van der Waals surface area contributed by atoms with Gasteiger partial charge in [0, 0.05) is 11.4 Å². The molecule has 26 heavy (non-hydrogen) atoms. The molecule has 0 fully saturated rings. The van der Waals surface area contributed by atoms with Gasteiger partial charge >= 0.3 is 0 Å². The Kier molecular flexibility index (Phi) is 4.62. The maximum Gasteiger partial charge on any atom is 0.240 e. The number of thiophene rings is 1. The summed E-state index contributed by atoms with van der Waals surface area (Å²) < 4.78 is 28.0. The van der Waals surface area contributed by atoms with Crippen LogP contribution in [0.3, 0.4) is 0 Å². The molecule has 2 aromatic heterocycles. The molecule has 2 aromatic carbocycles. The van der Waals surface area contributed by atoms with E-state index in [-0.39, 0.29) is 11.4 Å². The number of aryl methyl sites for hydroxylation is 1. The van der Waals surface area contributed by atoms with Crippen molar-refractivity contribution in [3.05, 3.63) is 70.5 Å². The summed E-state index contributed by atoms with van der Waals surface area (Å²) in [5.74, 6) is 0. The lowest BCUT2D eigenvalue weighted by molar-refractivity contribution is 0.582. The second-order valence-corrected chi connectivity index (χ2v) is 9.64. The van der Waals surface area contributed by atoms with Crippen LogP contribution < -0.4 is 4.72 Å². The van der Waals surface area contributed by atoms with Gasteiger partial charge in [0.05, 0.1) is 15.5 Å². The number of thiazole rings is 1. The highest BCUT2D eigenvalue weighted by molar-refractivity contribution is 7.89. The zero-order valence-electron chi connectivity index (χ0n) is 14.0. The van der Waals surface area contributed by atoms with Crippen molar-refractivity contribution in [2.24, 2.45) is 0 Å². The zero-order chi connectivity index (χ0) is 18.1. The molecule has 0 saturated carbocycles. The van der Waals surface area contributed by atoms with Crippen LogP contribution in [-0.2, 0) is 16.6 Å². The minimum absolute atomic E-state index is 0.240. The van der Waals surface area contributed by atoms with Crippen LogP contribution in [0.15, 0.2) is 64.9 Å². The number of nitrogens with zero attached hydrogens (tertiary/aromatic N) is 1. The zero-order valence-corrected chi connectivity index (χ0v) is 16.4. The molecule has 0 bridgehead atoms. The summed E-state index contributed by atoms with van der Waals surface area (Å²) in [5, 5.41) is 4.86. The normalized spacial score (nSPS) is 11.9. The molecule has 4 rings (SSSR count). The van der Waals surface area contributed by atoms with E-state index in [0.29, 0.717) is 0 Å². The Balaban J connectivity index is 1.56. The van der Waals surface area contributed by atoms with Gasteiger partial charge in [0.1, 0.15) is 5.01 Å². The third kappa shape index (κ3) is 3.43. The van der Waals surface area contributed by atoms with Crippen molar-refractivity contribution in [2.45, 2.75) is 18.4 Å². The minimum atomic E-state index is -3.58. The Morgan fingerprint density at radius 1 is 1.04 bits per heavy atom. The lowest BCUT2D eigenvalue weighted by Gasteiger charge is -2.07. The van der Waals surface area contributed by atoms with Crippen LogP contribution in [0.2, 0.25) is 0 Å². The maximum absolute atomic E-state index is 12.7. The van der Waals surface area contributed by atoms with E-state index in [1.165, 1.54) is 11.3 Å². The second kappa shape index (κ2) is 6.92. The molecule has 0 amide bonds. The summed E-state index contributed by atoms with van der Waals surface area (Å²) in [6.45, 7) is 2.15. The van der Waals surface area contributed by atoms with Crippen LogP contribution in [0.5, 0.6) is 0 Å². The third-order valence-electron chi connectivity index (χ3n) is 4.08. The van der Waals surface area contributed by atoms with Gasteiger partial charge in [-0.1, -0.05) is 36.4 Å². The highest BCUT2D eigenvalue weighted by atomic mass is 32.2. The van der Waals surface area contributed by atoms with Crippen molar-refractivity contribution < 1.29 is 8.42 Å². The van der Waals surface area contributed by atoms with Gasteiger partial charge in [0.15, 0.2) is 0 Å². The van der Waals surface area contributed by atoms with E-state index in [1.54, 1.807) is 23.5 Å². The van der Waals surface area contributed by atoms with E-state index >= 15 is 0 Å². The van der Waals surface area contributed by atoms with Crippen LogP contribution in [0.4, 0.5) is 0 Å². The van der Waals surface area contributed by atoms with Gasteiger partial charge in [0.25, 0.3) is 0 Å². The highest BCUT2D eigenvalue weighted by Crippen LogP contribution is 2.31. The molecule has 4 nitrogen and oxygen atoms in total. The number of aromatic nitrogens is 1. The van der Waals surface area contributed by atoms with Crippen molar-refractivity contribution in [3.8, 4) is 9.88 Å². The standard InChI is InChI=1S/C19H16N2O2S3/c1-13-18(25-19(21-13)17-7-4-10-24-17)12-20-26(22,23)16-9-8-14-5-2-3-6-15(14)11-16/h2-11,20H,12H2,1H3. The fourth-order valence-electron chi connectivity index (χ4n) is 2.68. The predicted octanol–water partition coefficient (Wildman–Crippen LogP) is 4.81. The van der Waals surface area contributed by atoms with Crippen LogP contribution in [-0.4, -0.2) is 13.4 Å². The fourth-order valence-corrected chi connectivity index (χ4v) is 5.60. The molecular weight excluding hydrogens is 384 g/mol. The largest absolute Gasteiger partial charge is 0.240 e. The maximum atomic E-state index is 12.7. The number of fused-ring (bicyclic) bond motifs is 1. The Morgan fingerprint density at radius 2 is 1.85 bits per heavy atom. The molecule has 7 heteroatoms. The molecule has 1 N–H and O–H groups in total. The van der Waals surface area contributed by atoms with E-state index in [0.717, 1.165) is 31.2 Å². The van der Waals surface area contributed by atoms with E-state index < -0.39 is 10.0 Å². The van der Waals surface area contributed by atoms with Crippen molar-refractivity contribution in [2.75, 3.05) is 0 Å². The monoisotopic (exact) mass is 400 g/mol. The molecule has 0 atom stereocenters. The average molecular weight is 401 g/mol. The highest BCUT2D eigenvalue weighted by Gasteiger charge is 2.17. The second-order valence-electron chi connectivity index (χ2n) is 5.84. The summed E-state index contributed by atoms with van der Waals surface area (Å²) in [5.41, 5.74) is 0.861. The number of nitrogens with one attached hydrogen (secondary N) is 1. The van der Waals surface area contributed by atoms with E-state index in [2.05, 4.69) is 9.71 Å². The Morgan fingerprint density at radius 3 is 2.62 bits per heavy atom. The Bertz CT molecular complexity index is 1160. The number of rotatable bonds is 5. The molecule has 0 saturated heterocycles. The first kappa shape index (κ1) is 17.4. The number of hydrogen-bond acceptors (Lipinski definition) is 5. The summed E-state index contributed by atoms with van der Waals surface area (Å²) in [6, 6.07) is 16.9. The smallest absolute Gasteiger partial charge is 0.240 e. The minimum Gasteiger partial charge on any atom is -0.240 e. The molecule has 132 valence electrons. The van der Waals surface area contributed by atoms with Crippen molar-refractivity contribution in [1.82, 2.24) is 9.71 Å². The Labute approximate surface area is 160 Å². The molecule has 0 aliphatic rings. The topological polar surface area (TPSA) is 59.1 Å². The van der Waals surface area contributed by atoms with Crippen LogP contribution in [0.25, 0.3) is 20.7 Å². The van der Waals surface area contributed by atoms with E-state index in [1.807, 2.05) is 54.8 Å². The van der Waals surface area contributed by atoms with E-state index in [4.69, 9.17) is 0 Å². The summed E-state index contributed by atoms with van der Waals surface area (Å²) in [6.07, 6.45) is 0. The van der Waals surface area contributed by atoms with Gasteiger partial charge in [-0.15, -0.1) is 22.7 Å². The first-order valence-corrected chi connectivity index (χ1v) is 11.2. The number of sulfonamides is 1. The summed E-state index contributed by atoms with van der Waals surface area (Å²) in [7, 11) is -3.58. The van der Waals surface area contributed by atoms with Gasteiger partial charge in [-0.2, -0.15) is 0 Å². The van der Waals surface area contributed by atoms with Gasteiger partial charge in [0.2, 0.25) is 10.0 Å². The lowest BCUT2D eigenvalue weighted by Crippen LogP contribution is -2.23. The predicted molar refractivity (Wildman–Crippen MR) is 108 cm³/mol. The lowest BCUT2D eigenvalue weighted by atomic mass is 10.1. The van der Waals surface area contributed by atoms with Crippen molar-refractivity contribution in [1.29, 1.82) is 0 Å². The van der Waals surface area contributed by atoms with Crippen LogP contribution in [0, 0.1) is 6.92 Å². The van der Waals surface area contributed by atoms with E-state index in [9.17, 15) is 8.42 Å². The molecular formula is C19H16N2O2S3. The van der Waals surface area contributed by atoms with Crippen LogP contribution >= 0.6 is 22.7 Å². The first-order chi connectivity index (χ1) is 12.5. The fraction of sp³-hybridized carbons (Fsp3) is 0.105. The quantitative estimate of drug-likeness (QED) is 0.523. The number of benzene rings is 2. The third-order valence-corrected chi connectivity index (χ3v) is 7.67. The van der Waals surface area contributed by atoms with Crippen molar-refractivity contribution in [3.63, 3.8) is 0 Å². The number of hydrogen-bond donors (Lipinski definition) is 1. The van der Waals surface area contributed by atoms with Crippen molar-refractivity contribution >= 4 is 43.5 Å². The molecule has 2 heterocycles. The van der Waals surface area contributed by atoms with Gasteiger partial charge in [-0.05, 0) is 41.3 Å². The molecule has 0 aliphatic heterocycles. The Hall–Kier alpha value is -2.06.